The second-order valence-electron chi connectivity index (χ2n) is 6.32. The summed E-state index contributed by atoms with van der Waals surface area (Å²) < 4.78 is 23.0. The molecule has 1 atom stereocenters. The van der Waals surface area contributed by atoms with Crippen LogP contribution in [-0.2, 0) is 9.84 Å². The monoisotopic (exact) mass is 338 g/mol. The highest BCUT2D eigenvalue weighted by molar-refractivity contribution is 7.91. The van der Waals surface area contributed by atoms with E-state index in [9.17, 15) is 13.2 Å². The van der Waals surface area contributed by atoms with E-state index in [0.717, 1.165) is 31.6 Å². The van der Waals surface area contributed by atoms with Gasteiger partial charge in [0.25, 0.3) is 5.91 Å². The first-order chi connectivity index (χ1) is 10.9. The van der Waals surface area contributed by atoms with Crippen LogP contribution in [0.4, 0.5) is 5.95 Å². The van der Waals surface area contributed by atoms with Crippen LogP contribution < -0.4 is 10.2 Å². The van der Waals surface area contributed by atoms with Crippen molar-refractivity contribution in [2.45, 2.75) is 38.6 Å². The molecule has 1 aromatic heterocycles. The summed E-state index contributed by atoms with van der Waals surface area (Å²) in [6.07, 6.45) is 3.90. The van der Waals surface area contributed by atoms with Crippen LogP contribution in [0.5, 0.6) is 0 Å². The molecule has 2 aliphatic heterocycles. The SMILES string of the molecule is Cc1cc(C(=O)N[C@H]2CCS(=O)(=O)C2)nc(N2CCCCC2)n1. The maximum Gasteiger partial charge on any atom is 0.270 e. The molecule has 2 fully saturated rings. The van der Waals surface area contributed by atoms with Gasteiger partial charge in [0, 0.05) is 24.8 Å². The number of nitrogens with zero attached hydrogens (tertiary/aromatic N) is 3. The number of aromatic nitrogens is 2. The Kier molecular flexibility index (Phi) is 4.52. The Hall–Kier alpha value is -1.70. The second kappa shape index (κ2) is 6.43. The summed E-state index contributed by atoms with van der Waals surface area (Å²) >= 11 is 0. The van der Waals surface area contributed by atoms with Crippen LogP contribution in [0.3, 0.4) is 0 Å². The second-order valence-corrected chi connectivity index (χ2v) is 8.54. The minimum atomic E-state index is -3.01. The van der Waals surface area contributed by atoms with Crippen molar-refractivity contribution in [3.8, 4) is 0 Å². The van der Waals surface area contributed by atoms with E-state index in [1.54, 1.807) is 6.07 Å². The van der Waals surface area contributed by atoms with Crippen molar-refractivity contribution in [2.24, 2.45) is 0 Å². The number of amides is 1. The first kappa shape index (κ1) is 16.2. The number of nitrogens with one attached hydrogen (secondary N) is 1. The van der Waals surface area contributed by atoms with Crippen molar-refractivity contribution in [2.75, 3.05) is 29.5 Å². The molecule has 1 amide bonds. The van der Waals surface area contributed by atoms with Crippen LogP contribution in [0.1, 0.15) is 41.9 Å². The van der Waals surface area contributed by atoms with Gasteiger partial charge in [-0.05, 0) is 38.7 Å². The van der Waals surface area contributed by atoms with Gasteiger partial charge in [-0.25, -0.2) is 18.4 Å². The van der Waals surface area contributed by atoms with Crippen molar-refractivity contribution >= 4 is 21.7 Å². The molecule has 3 rings (SSSR count). The van der Waals surface area contributed by atoms with Crippen molar-refractivity contribution in [1.82, 2.24) is 15.3 Å². The third kappa shape index (κ3) is 3.99. The lowest BCUT2D eigenvalue weighted by molar-refractivity contribution is 0.0936. The van der Waals surface area contributed by atoms with Gasteiger partial charge in [-0.1, -0.05) is 0 Å². The highest BCUT2D eigenvalue weighted by Crippen LogP contribution is 2.17. The summed E-state index contributed by atoms with van der Waals surface area (Å²) in [4.78, 5) is 23.3. The van der Waals surface area contributed by atoms with Crippen molar-refractivity contribution in [1.29, 1.82) is 0 Å². The molecule has 2 saturated heterocycles. The van der Waals surface area contributed by atoms with Crippen LogP contribution in [0.2, 0.25) is 0 Å². The first-order valence-electron chi connectivity index (χ1n) is 8.05. The fourth-order valence-electron chi connectivity index (χ4n) is 3.07. The van der Waals surface area contributed by atoms with Gasteiger partial charge in [0.15, 0.2) is 9.84 Å². The number of carbonyl (C=O) groups excluding carboxylic acids is 1. The molecular formula is C15H22N4O3S. The zero-order valence-corrected chi connectivity index (χ0v) is 14.1. The highest BCUT2D eigenvalue weighted by atomic mass is 32.2. The van der Waals surface area contributed by atoms with Crippen LogP contribution in [0, 0.1) is 6.92 Å². The number of sulfone groups is 1. The third-order valence-electron chi connectivity index (χ3n) is 4.28. The zero-order valence-electron chi connectivity index (χ0n) is 13.3. The van der Waals surface area contributed by atoms with E-state index in [-0.39, 0.29) is 23.5 Å². The standard InChI is InChI=1S/C15H22N4O3S/c1-11-9-13(14(20)17-12-5-8-23(21,22)10-12)18-15(16-11)19-6-3-2-4-7-19/h9,12H,2-8,10H2,1H3,(H,17,20)/t12-/m0/s1. The lowest BCUT2D eigenvalue weighted by Gasteiger charge is -2.27. The molecule has 1 N–H and O–H groups in total. The van der Waals surface area contributed by atoms with Gasteiger partial charge in [-0.3, -0.25) is 4.79 Å². The van der Waals surface area contributed by atoms with Gasteiger partial charge >= 0.3 is 0 Å². The molecule has 0 aliphatic carbocycles. The normalized spacial score (nSPS) is 23.7. The van der Waals surface area contributed by atoms with Gasteiger partial charge in [0.1, 0.15) is 5.69 Å². The van der Waals surface area contributed by atoms with E-state index >= 15 is 0 Å². The number of aryl methyl sites for hydroxylation is 1. The smallest absolute Gasteiger partial charge is 0.270 e. The van der Waals surface area contributed by atoms with Gasteiger partial charge in [-0.15, -0.1) is 0 Å². The Balaban J connectivity index is 1.74. The van der Waals surface area contributed by atoms with Crippen molar-refractivity contribution < 1.29 is 13.2 Å². The quantitative estimate of drug-likeness (QED) is 0.872. The minimum Gasteiger partial charge on any atom is -0.347 e. The molecule has 8 heteroatoms. The van der Waals surface area contributed by atoms with Gasteiger partial charge < -0.3 is 10.2 Å². The number of carbonyl (C=O) groups is 1. The summed E-state index contributed by atoms with van der Waals surface area (Å²) in [5.41, 5.74) is 1.05. The van der Waals surface area contributed by atoms with Crippen LogP contribution >= 0.6 is 0 Å². The van der Waals surface area contributed by atoms with E-state index in [1.807, 2.05) is 6.92 Å². The predicted octanol–water partition coefficient (Wildman–Crippen LogP) is 0.692. The Morgan fingerprint density at radius 1 is 1.26 bits per heavy atom. The Labute approximate surface area is 136 Å². The number of hydrogen-bond acceptors (Lipinski definition) is 6. The number of rotatable bonds is 3. The van der Waals surface area contributed by atoms with Gasteiger partial charge in [-0.2, -0.15) is 0 Å². The molecule has 0 aromatic carbocycles. The molecule has 0 saturated carbocycles. The summed E-state index contributed by atoms with van der Waals surface area (Å²) in [6, 6.07) is 1.33. The summed E-state index contributed by atoms with van der Waals surface area (Å²) in [6.45, 7) is 3.66. The number of hydrogen-bond donors (Lipinski definition) is 1. The van der Waals surface area contributed by atoms with Crippen LogP contribution in [0.15, 0.2) is 6.07 Å². The van der Waals surface area contributed by atoms with E-state index in [2.05, 4.69) is 20.2 Å². The van der Waals surface area contributed by atoms with E-state index in [0.29, 0.717) is 18.1 Å². The molecule has 23 heavy (non-hydrogen) atoms. The Morgan fingerprint density at radius 2 is 2.00 bits per heavy atom. The molecule has 0 radical (unpaired) electrons. The summed E-state index contributed by atoms with van der Waals surface area (Å²) in [5, 5.41) is 2.78. The van der Waals surface area contributed by atoms with Crippen LogP contribution in [0.25, 0.3) is 0 Å². The largest absolute Gasteiger partial charge is 0.347 e. The maximum absolute atomic E-state index is 12.4. The average molecular weight is 338 g/mol. The molecule has 2 aliphatic rings. The number of anilines is 1. The van der Waals surface area contributed by atoms with E-state index in [4.69, 9.17) is 0 Å². The highest BCUT2D eigenvalue weighted by Gasteiger charge is 2.29. The van der Waals surface area contributed by atoms with Gasteiger partial charge in [0.05, 0.1) is 11.5 Å². The lowest BCUT2D eigenvalue weighted by Crippen LogP contribution is -2.37. The van der Waals surface area contributed by atoms with Crippen molar-refractivity contribution in [3.63, 3.8) is 0 Å². The molecule has 0 bridgehead atoms. The number of piperidine rings is 1. The first-order valence-corrected chi connectivity index (χ1v) is 9.87. The molecule has 0 unspecified atom stereocenters. The maximum atomic E-state index is 12.4. The van der Waals surface area contributed by atoms with E-state index < -0.39 is 9.84 Å². The molecule has 126 valence electrons. The van der Waals surface area contributed by atoms with Gasteiger partial charge in [0.2, 0.25) is 5.95 Å². The fraction of sp³-hybridized carbons (Fsp3) is 0.667. The molecule has 3 heterocycles. The average Bonchev–Trinajstić information content (AvgIpc) is 2.86. The lowest BCUT2D eigenvalue weighted by atomic mass is 10.1. The Morgan fingerprint density at radius 3 is 2.65 bits per heavy atom. The van der Waals surface area contributed by atoms with Crippen LogP contribution in [-0.4, -0.2) is 54.9 Å². The third-order valence-corrected chi connectivity index (χ3v) is 6.05. The minimum absolute atomic E-state index is 0.0157. The molecule has 7 nitrogen and oxygen atoms in total. The van der Waals surface area contributed by atoms with E-state index in [1.165, 1.54) is 6.42 Å². The summed E-state index contributed by atoms with van der Waals surface area (Å²) in [5.74, 6) is 0.423. The summed E-state index contributed by atoms with van der Waals surface area (Å²) in [7, 11) is -3.01. The zero-order chi connectivity index (χ0) is 16.4. The Bertz CT molecular complexity index is 699. The topological polar surface area (TPSA) is 92.3 Å². The molecule has 1 aromatic rings. The predicted molar refractivity (Wildman–Crippen MR) is 87.4 cm³/mol. The fourth-order valence-corrected chi connectivity index (χ4v) is 4.75. The molecule has 0 spiro atoms. The van der Waals surface area contributed by atoms with Crippen molar-refractivity contribution in [3.05, 3.63) is 17.5 Å². The molecular weight excluding hydrogens is 316 g/mol.